The number of benzene rings is 1. The van der Waals surface area contributed by atoms with Crippen LogP contribution in [0.2, 0.25) is 0 Å². The van der Waals surface area contributed by atoms with Crippen LogP contribution in [0.3, 0.4) is 0 Å². The molecule has 0 amide bonds. The largest absolute Gasteiger partial charge is 0.311 e. The first kappa shape index (κ1) is 14.5. The second-order valence-electron chi connectivity index (χ2n) is 4.71. The molecule has 0 bridgehead atoms. The molecule has 0 saturated carbocycles. The number of hydrogen-bond donors (Lipinski definition) is 1. The highest BCUT2D eigenvalue weighted by Gasteiger charge is 2.14. The standard InChI is InChI=1S/C15H24ClN/c1-4-14(5-2)15(16)11-17-10-13-8-6-7-12(3)9-13/h6-9,14-15,17H,4-5,10-11H2,1-3H3. The molecular formula is C15H24ClN. The summed E-state index contributed by atoms with van der Waals surface area (Å²) in [6, 6.07) is 8.59. The molecule has 0 heterocycles. The predicted molar refractivity (Wildman–Crippen MR) is 76.6 cm³/mol. The van der Waals surface area contributed by atoms with Crippen molar-refractivity contribution in [2.24, 2.45) is 5.92 Å². The van der Waals surface area contributed by atoms with Gasteiger partial charge in [-0.2, -0.15) is 0 Å². The van der Waals surface area contributed by atoms with Crippen LogP contribution in [0.15, 0.2) is 24.3 Å². The van der Waals surface area contributed by atoms with Crippen molar-refractivity contribution < 1.29 is 0 Å². The van der Waals surface area contributed by atoms with E-state index in [-0.39, 0.29) is 5.38 Å². The van der Waals surface area contributed by atoms with Gasteiger partial charge in [0.15, 0.2) is 0 Å². The number of rotatable bonds is 7. The molecular weight excluding hydrogens is 230 g/mol. The van der Waals surface area contributed by atoms with Crippen LogP contribution >= 0.6 is 11.6 Å². The smallest absolute Gasteiger partial charge is 0.0488 e. The van der Waals surface area contributed by atoms with Gasteiger partial charge in [-0.1, -0.05) is 56.5 Å². The molecule has 1 rings (SSSR count). The quantitative estimate of drug-likeness (QED) is 0.721. The van der Waals surface area contributed by atoms with Crippen LogP contribution in [-0.2, 0) is 6.54 Å². The molecule has 0 aliphatic carbocycles. The Bertz CT molecular complexity index is 320. The van der Waals surface area contributed by atoms with Crippen molar-refractivity contribution in [3.63, 3.8) is 0 Å². The Labute approximate surface area is 111 Å². The fraction of sp³-hybridized carbons (Fsp3) is 0.600. The highest BCUT2D eigenvalue weighted by molar-refractivity contribution is 6.21. The number of alkyl halides is 1. The zero-order valence-electron chi connectivity index (χ0n) is 11.2. The summed E-state index contributed by atoms with van der Waals surface area (Å²) in [7, 11) is 0. The zero-order valence-corrected chi connectivity index (χ0v) is 11.9. The minimum absolute atomic E-state index is 0.245. The molecule has 0 spiro atoms. The maximum atomic E-state index is 6.38. The second kappa shape index (κ2) is 7.73. The second-order valence-corrected chi connectivity index (χ2v) is 5.27. The molecule has 2 heteroatoms. The lowest BCUT2D eigenvalue weighted by Crippen LogP contribution is -2.28. The fourth-order valence-corrected chi connectivity index (χ4v) is 2.61. The van der Waals surface area contributed by atoms with Gasteiger partial charge in [-0.15, -0.1) is 11.6 Å². The van der Waals surface area contributed by atoms with Gasteiger partial charge in [0.05, 0.1) is 0 Å². The Morgan fingerprint density at radius 1 is 1.24 bits per heavy atom. The van der Waals surface area contributed by atoms with Gasteiger partial charge in [-0.25, -0.2) is 0 Å². The summed E-state index contributed by atoms with van der Waals surface area (Å²) in [5.74, 6) is 0.627. The van der Waals surface area contributed by atoms with E-state index in [1.165, 1.54) is 11.1 Å². The van der Waals surface area contributed by atoms with Crippen molar-refractivity contribution in [3.8, 4) is 0 Å². The first-order chi connectivity index (χ1) is 8.17. The third kappa shape index (κ3) is 5.10. The first-order valence-corrected chi connectivity index (χ1v) is 7.01. The molecule has 0 aliphatic heterocycles. The molecule has 1 aromatic carbocycles. The summed E-state index contributed by atoms with van der Waals surface area (Å²) in [5, 5.41) is 3.69. The van der Waals surface area contributed by atoms with E-state index < -0.39 is 0 Å². The van der Waals surface area contributed by atoms with Crippen LogP contribution in [0.25, 0.3) is 0 Å². The van der Waals surface area contributed by atoms with Crippen LogP contribution in [0.4, 0.5) is 0 Å². The Kier molecular flexibility index (Phi) is 6.61. The van der Waals surface area contributed by atoms with Crippen molar-refractivity contribution in [2.45, 2.75) is 45.5 Å². The van der Waals surface area contributed by atoms with Crippen LogP contribution < -0.4 is 5.32 Å². The van der Waals surface area contributed by atoms with Gasteiger partial charge in [0.25, 0.3) is 0 Å². The molecule has 0 aliphatic rings. The average Bonchev–Trinajstić information content (AvgIpc) is 2.30. The fourth-order valence-electron chi connectivity index (χ4n) is 2.14. The lowest BCUT2D eigenvalue weighted by Gasteiger charge is -2.19. The van der Waals surface area contributed by atoms with Crippen LogP contribution in [0.5, 0.6) is 0 Å². The van der Waals surface area contributed by atoms with Crippen molar-refractivity contribution in [3.05, 3.63) is 35.4 Å². The highest BCUT2D eigenvalue weighted by atomic mass is 35.5. The molecule has 1 aromatic rings. The maximum absolute atomic E-state index is 6.38. The SMILES string of the molecule is CCC(CC)C(Cl)CNCc1cccc(C)c1. The third-order valence-corrected chi connectivity index (χ3v) is 3.82. The molecule has 1 nitrogen and oxygen atoms in total. The van der Waals surface area contributed by atoms with E-state index in [0.717, 1.165) is 25.9 Å². The van der Waals surface area contributed by atoms with E-state index in [2.05, 4.69) is 50.4 Å². The molecule has 1 atom stereocenters. The van der Waals surface area contributed by atoms with Crippen LogP contribution in [0, 0.1) is 12.8 Å². The number of halogens is 1. The molecule has 1 unspecified atom stereocenters. The monoisotopic (exact) mass is 253 g/mol. The lowest BCUT2D eigenvalue weighted by atomic mass is 9.99. The Morgan fingerprint density at radius 2 is 1.94 bits per heavy atom. The minimum atomic E-state index is 0.245. The third-order valence-electron chi connectivity index (χ3n) is 3.31. The summed E-state index contributed by atoms with van der Waals surface area (Å²) >= 11 is 6.38. The first-order valence-electron chi connectivity index (χ1n) is 6.57. The summed E-state index contributed by atoms with van der Waals surface area (Å²) in [6.07, 6.45) is 2.33. The van der Waals surface area contributed by atoms with E-state index >= 15 is 0 Å². The summed E-state index contributed by atoms with van der Waals surface area (Å²) in [6.45, 7) is 8.35. The van der Waals surface area contributed by atoms with E-state index in [9.17, 15) is 0 Å². The minimum Gasteiger partial charge on any atom is -0.311 e. The zero-order chi connectivity index (χ0) is 12.7. The average molecular weight is 254 g/mol. The molecule has 96 valence electrons. The summed E-state index contributed by atoms with van der Waals surface area (Å²) in [5.41, 5.74) is 2.64. The topological polar surface area (TPSA) is 12.0 Å². The highest BCUT2D eigenvalue weighted by Crippen LogP contribution is 2.17. The van der Waals surface area contributed by atoms with Gasteiger partial charge >= 0.3 is 0 Å². The number of nitrogens with one attached hydrogen (secondary N) is 1. The van der Waals surface area contributed by atoms with Gasteiger partial charge in [-0.3, -0.25) is 0 Å². The number of aryl methyl sites for hydroxylation is 1. The predicted octanol–water partition coefficient (Wildman–Crippen LogP) is 4.13. The van der Waals surface area contributed by atoms with Gasteiger partial charge in [-0.05, 0) is 18.4 Å². The Morgan fingerprint density at radius 3 is 2.53 bits per heavy atom. The van der Waals surface area contributed by atoms with E-state index in [0.29, 0.717) is 5.92 Å². The lowest BCUT2D eigenvalue weighted by molar-refractivity contribution is 0.446. The molecule has 0 saturated heterocycles. The van der Waals surface area contributed by atoms with E-state index in [4.69, 9.17) is 11.6 Å². The molecule has 0 aromatic heterocycles. The van der Waals surface area contributed by atoms with Crippen molar-refractivity contribution >= 4 is 11.6 Å². The van der Waals surface area contributed by atoms with Gasteiger partial charge in [0, 0.05) is 18.5 Å². The van der Waals surface area contributed by atoms with Gasteiger partial charge in [0.1, 0.15) is 0 Å². The van der Waals surface area contributed by atoms with Crippen molar-refractivity contribution in [1.29, 1.82) is 0 Å². The normalized spacial score (nSPS) is 13.0. The molecule has 1 N–H and O–H groups in total. The summed E-state index contributed by atoms with van der Waals surface area (Å²) < 4.78 is 0. The Balaban J connectivity index is 2.32. The van der Waals surface area contributed by atoms with Crippen molar-refractivity contribution in [2.75, 3.05) is 6.54 Å². The number of hydrogen-bond acceptors (Lipinski definition) is 1. The van der Waals surface area contributed by atoms with Crippen LogP contribution in [-0.4, -0.2) is 11.9 Å². The summed E-state index contributed by atoms with van der Waals surface area (Å²) in [4.78, 5) is 0. The maximum Gasteiger partial charge on any atom is 0.0488 e. The molecule has 0 fully saturated rings. The molecule has 17 heavy (non-hydrogen) atoms. The van der Waals surface area contributed by atoms with Crippen LogP contribution in [0.1, 0.15) is 37.8 Å². The van der Waals surface area contributed by atoms with Crippen molar-refractivity contribution in [1.82, 2.24) is 5.32 Å². The molecule has 0 radical (unpaired) electrons. The van der Waals surface area contributed by atoms with E-state index in [1.807, 2.05) is 0 Å². The van der Waals surface area contributed by atoms with Gasteiger partial charge < -0.3 is 5.32 Å². The Hall–Kier alpha value is -0.530. The van der Waals surface area contributed by atoms with E-state index in [1.54, 1.807) is 0 Å². The van der Waals surface area contributed by atoms with Gasteiger partial charge in [0.2, 0.25) is 0 Å².